The molecule has 6 nitrogen and oxygen atoms in total. The molecule has 7 heteroatoms. The van der Waals surface area contributed by atoms with Crippen molar-refractivity contribution in [2.75, 3.05) is 26.2 Å². The highest BCUT2D eigenvalue weighted by Gasteiger charge is 2.49. The number of rotatable bonds is 5. The smallest absolute Gasteiger partial charge is 0.263 e. The molecule has 136 valence electrons. The summed E-state index contributed by atoms with van der Waals surface area (Å²) in [6.45, 7) is 0. The fraction of sp³-hybridized carbons (Fsp3) is 0.263. The molecule has 1 aliphatic rings. The van der Waals surface area contributed by atoms with Crippen LogP contribution in [0.3, 0.4) is 0 Å². The molecule has 1 unspecified atom stereocenters. The Morgan fingerprint density at radius 2 is 1.85 bits per heavy atom. The minimum Gasteiger partial charge on any atom is -0.493 e. The average Bonchev–Trinajstić information content (AvgIpc) is 2.82. The maximum absolute atomic E-state index is 12.8. The molecule has 1 heterocycles. The minimum absolute atomic E-state index is 0.307. The summed E-state index contributed by atoms with van der Waals surface area (Å²) in [7, 11) is 4.51. The zero-order valence-corrected chi connectivity index (χ0v) is 15.3. The van der Waals surface area contributed by atoms with E-state index in [9.17, 15) is 14.7 Å². The van der Waals surface area contributed by atoms with Crippen molar-refractivity contribution in [3.63, 3.8) is 0 Å². The Bertz CT molecular complexity index is 897. The van der Waals surface area contributed by atoms with Crippen molar-refractivity contribution in [1.82, 2.24) is 0 Å². The molecular weight excluding hydrogens is 358 g/mol. The first kappa shape index (κ1) is 18.2. The second-order valence-electron chi connectivity index (χ2n) is 6.06. The normalized spacial score (nSPS) is 18.7. The highest BCUT2D eigenvalue weighted by Crippen LogP contribution is 2.43. The van der Waals surface area contributed by atoms with E-state index in [0.29, 0.717) is 33.3 Å². The third kappa shape index (κ3) is 2.81. The number of ketones is 1. The zero-order valence-electron chi connectivity index (χ0n) is 14.6. The number of halogens is 1. The van der Waals surface area contributed by atoms with E-state index in [2.05, 4.69) is 0 Å². The van der Waals surface area contributed by atoms with Crippen LogP contribution in [-0.2, 0) is 10.4 Å². The van der Waals surface area contributed by atoms with Gasteiger partial charge in [-0.15, -0.1) is 0 Å². The summed E-state index contributed by atoms with van der Waals surface area (Å²) in [6, 6.07) is 9.48. The van der Waals surface area contributed by atoms with E-state index >= 15 is 0 Å². The van der Waals surface area contributed by atoms with E-state index in [1.807, 2.05) is 0 Å². The lowest BCUT2D eigenvalue weighted by atomic mass is 9.88. The van der Waals surface area contributed by atoms with Gasteiger partial charge in [0.2, 0.25) is 0 Å². The van der Waals surface area contributed by atoms with Gasteiger partial charge < -0.3 is 19.5 Å². The third-order valence-corrected chi connectivity index (χ3v) is 4.78. The molecule has 3 rings (SSSR count). The molecule has 0 saturated carbocycles. The van der Waals surface area contributed by atoms with Crippen LogP contribution in [0.1, 0.15) is 22.3 Å². The van der Waals surface area contributed by atoms with Gasteiger partial charge in [-0.05, 0) is 36.4 Å². The van der Waals surface area contributed by atoms with Crippen LogP contribution in [0, 0.1) is 0 Å². The molecule has 0 spiro atoms. The number of nitrogens with zero attached hydrogens (tertiary/aromatic N) is 1. The Morgan fingerprint density at radius 3 is 2.50 bits per heavy atom. The van der Waals surface area contributed by atoms with Crippen LogP contribution in [0.4, 0.5) is 5.69 Å². The summed E-state index contributed by atoms with van der Waals surface area (Å²) in [4.78, 5) is 26.7. The van der Waals surface area contributed by atoms with Crippen LogP contribution in [0.25, 0.3) is 0 Å². The van der Waals surface area contributed by atoms with E-state index in [0.717, 1.165) is 0 Å². The Balaban J connectivity index is 1.97. The van der Waals surface area contributed by atoms with E-state index in [1.54, 1.807) is 31.3 Å². The summed E-state index contributed by atoms with van der Waals surface area (Å²) < 4.78 is 10.4. The summed E-state index contributed by atoms with van der Waals surface area (Å²) in [5.74, 6) is -0.0909. The number of likely N-dealkylation sites (N-methyl/N-ethyl adjacent to an activating group) is 1. The zero-order chi connectivity index (χ0) is 19.1. The Labute approximate surface area is 155 Å². The second kappa shape index (κ2) is 6.63. The molecule has 1 atom stereocenters. The van der Waals surface area contributed by atoms with Crippen LogP contribution in [0.15, 0.2) is 36.4 Å². The highest BCUT2D eigenvalue weighted by molar-refractivity contribution is 6.31. The standard InChI is InChI=1S/C19H18ClNO5/c1-21-14-6-5-12(20)9-13(14)19(24,18(21)23)10-15(22)11-4-7-16(25-2)17(8-11)26-3/h4-9,24H,10H2,1-3H3. The Kier molecular flexibility index (Phi) is 4.64. The van der Waals surface area contributed by atoms with Crippen molar-refractivity contribution >= 4 is 29.0 Å². The first-order valence-electron chi connectivity index (χ1n) is 7.87. The van der Waals surface area contributed by atoms with Gasteiger partial charge in [0.05, 0.1) is 26.3 Å². The van der Waals surface area contributed by atoms with Crippen molar-refractivity contribution in [2.24, 2.45) is 0 Å². The summed E-state index contributed by atoms with van der Waals surface area (Å²) in [5.41, 5.74) is -0.797. The molecule has 0 aliphatic carbocycles. The molecule has 0 aromatic heterocycles. The quantitative estimate of drug-likeness (QED) is 0.813. The van der Waals surface area contributed by atoms with E-state index in [4.69, 9.17) is 21.1 Å². The van der Waals surface area contributed by atoms with Gasteiger partial charge in [0.15, 0.2) is 22.9 Å². The van der Waals surface area contributed by atoms with Gasteiger partial charge >= 0.3 is 0 Å². The van der Waals surface area contributed by atoms with Crippen molar-refractivity contribution in [3.05, 3.63) is 52.5 Å². The van der Waals surface area contributed by atoms with Crippen LogP contribution < -0.4 is 14.4 Å². The van der Waals surface area contributed by atoms with E-state index < -0.39 is 23.7 Å². The highest BCUT2D eigenvalue weighted by atomic mass is 35.5. The number of carbonyl (C=O) groups is 2. The van der Waals surface area contributed by atoms with Gasteiger partial charge in [0.1, 0.15) is 0 Å². The summed E-state index contributed by atoms with van der Waals surface area (Å²) in [5, 5.41) is 11.4. The number of methoxy groups -OCH3 is 2. The molecule has 26 heavy (non-hydrogen) atoms. The van der Waals surface area contributed by atoms with Gasteiger partial charge in [-0.25, -0.2) is 0 Å². The molecule has 1 N–H and O–H groups in total. The predicted molar refractivity (Wildman–Crippen MR) is 97.3 cm³/mol. The van der Waals surface area contributed by atoms with Crippen LogP contribution in [0.2, 0.25) is 5.02 Å². The molecule has 0 bridgehead atoms. The summed E-state index contributed by atoms with van der Waals surface area (Å²) >= 11 is 6.02. The van der Waals surface area contributed by atoms with Crippen molar-refractivity contribution in [3.8, 4) is 11.5 Å². The van der Waals surface area contributed by atoms with Crippen molar-refractivity contribution in [1.29, 1.82) is 0 Å². The average molecular weight is 376 g/mol. The number of carbonyl (C=O) groups excluding carboxylic acids is 2. The first-order valence-corrected chi connectivity index (χ1v) is 8.25. The number of hydrogen-bond donors (Lipinski definition) is 1. The van der Waals surface area contributed by atoms with Gasteiger partial charge in [-0.2, -0.15) is 0 Å². The molecular formula is C19H18ClNO5. The minimum atomic E-state index is -1.96. The number of Topliss-reactive ketones (excluding diaryl/α,β-unsaturated/α-hetero) is 1. The number of aliphatic hydroxyl groups is 1. The number of hydrogen-bond acceptors (Lipinski definition) is 5. The lowest BCUT2D eigenvalue weighted by molar-refractivity contribution is -0.135. The predicted octanol–water partition coefficient (Wildman–Crippen LogP) is 2.79. The van der Waals surface area contributed by atoms with Gasteiger partial charge in [-0.3, -0.25) is 9.59 Å². The molecule has 0 fully saturated rings. The van der Waals surface area contributed by atoms with Crippen LogP contribution in [-0.4, -0.2) is 38.1 Å². The van der Waals surface area contributed by atoms with Crippen molar-refractivity contribution in [2.45, 2.75) is 12.0 Å². The topological polar surface area (TPSA) is 76.1 Å². The molecule has 2 aromatic carbocycles. The fourth-order valence-electron chi connectivity index (χ4n) is 3.15. The maximum Gasteiger partial charge on any atom is 0.263 e. The van der Waals surface area contributed by atoms with E-state index in [1.165, 1.54) is 31.3 Å². The number of amides is 1. The number of benzene rings is 2. The van der Waals surface area contributed by atoms with Gasteiger partial charge in [0.25, 0.3) is 5.91 Å². The van der Waals surface area contributed by atoms with Crippen LogP contribution in [0.5, 0.6) is 11.5 Å². The van der Waals surface area contributed by atoms with Gasteiger partial charge in [0, 0.05) is 23.2 Å². The molecule has 2 aromatic rings. The SMILES string of the molecule is COc1ccc(C(=O)CC2(O)C(=O)N(C)c3ccc(Cl)cc32)cc1OC. The molecule has 1 aliphatic heterocycles. The molecule has 1 amide bonds. The molecule has 0 radical (unpaired) electrons. The van der Waals surface area contributed by atoms with E-state index in [-0.39, 0.29) is 0 Å². The Morgan fingerprint density at radius 1 is 1.15 bits per heavy atom. The monoisotopic (exact) mass is 375 g/mol. The fourth-order valence-corrected chi connectivity index (χ4v) is 3.32. The lowest BCUT2D eigenvalue weighted by Gasteiger charge is -2.21. The maximum atomic E-state index is 12.8. The third-order valence-electron chi connectivity index (χ3n) is 4.55. The molecule has 0 saturated heterocycles. The van der Waals surface area contributed by atoms with Crippen molar-refractivity contribution < 1.29 is 24.2 Å². The number of anilines is 1. The lowest BCUT2D eigenvalue weighted by Crippen LogP contribution is -2.40. The number of ether oxygens (including phenoxy) is 2. The second-order valence-corrected chi connectivity index (χ2v) is 6.49. The number of fused-ring (bicyclic) bond motifs is 1. The summed E-state index contributed by atoms with van der Waals surface area (Å²) in [6.07, 6.45) is -0.404. The van der Waals surface area contributed by atoms with Gasteiger partial charge in [-0.1, -0.05) is 11.6 Å². The van der Waals surface area contributed by atoms with Crippen LogP contribution >= 0.6 is 11.6 Å². The first-order chi connectivity index (χ1) is 12.3. The largest absolute Gasteiger partial charge is 0.493 e. The Hall–Kier alpha value is -2.57.